The predicted octanol–water partition coefficient (Wildman–Crippen LogP) is 2.15. The quantitative estimate of drug-likeness (QED) is 0.834. The van der Waals surface area contributed by atoms with Crippen LogP contribution in [-0.4, -0.2) is 11.8 Å². The normalized spacial score (nSPS) is 9.95. The van der Waals surface area contributed by atoms with E-state index in [-0.39, 0.29) is 0 Å². The molecule has 0 aromatic heterocycles. The van der Waals surface area contributed by atoms with Crippen molar-refractivity contribution < 1.29 is 9.59 Å². The first-order valence-corrected chi connectivity index (χ1v) is 5.86. The minimum atomic E-state index is -0.980. The zero-order valence-corrected chi connectivity index (χ0v) is 10.5. The van der Waals surface area contributed by atoms with Gasteiger partial charge in [-0.25, -0.2) is 0 Å². The summed E-state index contributed by atoms with van der Waals surface area (Å²) < 4.78 is 0. The van der Waals surface area contributed by atoms with E-state index in [0.29, 0.717) is 11.4 Å². The van der Waals surface area contributed by atoms with Gasteiger partial charge in [-0.1, -0.05) is 36.4 Å². The van der Waals surface area contributed by atoms with Crippen molar-refractivity contribution in [1.29, 1.82) is 0 Å². The van der Waals surface area contributed by atoms with E-state index >= 15 is 0 Å². The summed E-state index contributed by atoms with van der Waals surface area (Å²) in [4.78, 5) is 24.6. The average Bonchev–Trinajstić information content (AvgIpc) is 2.42. The highest BCUT2D eigenvalue weighted by Crippen LogP contribution is 2.28. The SMILES string of the molecule is Cc1ccccc1N(C(=O)C(N)=O)c1ccccc1. The average molecular weight is 254 g/mol. The first-order valence-electron chi connectivity index (χ1n) is 5.86. The van der Waals surface area contributed by atoms with Gasteiger partial charge in [-0.3, -0.25) is 14.5 Å². The number of anilines is 2. The number of carbonyl (C=O) groups excluding carboxylic acids is 2. The third-order valence-electron chi connectivity index (χ3n) is 2.78. The van der Waals surface area contributed by atoms with Gasteiger partial charge in [0.1, 0.15) is 0 Å². The fourth-order valence-corrected chi connectivity index (χ4v) is 1.87. The van der Waals surface area contributed by atoms with Crippen molar-refractivity contribution in [1.82, 2.24) is 0 Å². The second-order valence-corrected chi connectivity index (χ2v) is 4.13. The molecule has 0 radical (unpaired) electrons. The lowest BCUT2D eigenvalue weighted by molar-refractivity contribution is -0.135. The Bertz CT molecular complexity index is 609. The molecule has 4 nitrogen and oxygen atoms in total. The van der Waals surface area contributed by atoms with E-state index in [1.807, 2.05) is 31.2 Å². The number of nitrogens with zero attached hydrogens (tertiary/aromatic N) is 1. The Balaban J connectivity index is 2.56. The molecule has 2 aromatic carbocycles. The molecule has 0 aliphatic rings. The Kier molecular flexibility index (Phi) is 3.61. The summed E-state index contributed by atoms with van der Waals surface area (Å²) >= 11 is 0. The maximum atomic E-state index is 12.0. The van der Waals surface area contributed by atoms with E-state index < -0.39 is 11.8 Å². The Hall–Kier alpha value is -2.62. The van der Waals surface area contributed by atoms with Gasteiger partial charge in [-0.15, -0.1) is 0 Å². The molecule has 0 fully saturated rings. The molecule has 4 heteroatoms. The molecule has 0 bridgehead atoms. The Morgan fingerprint density at radius 3 is 2.11 bits per heavy atom. The molecule has 2 aromatic rings. The van der Waals surface area contributed by atoms with Crippen LogP contribution in [0.1, 0.15) is 5.56 Å². The van der Waals surface area contributed by atoms with Crippen LogP contribution in [0, 0.1) is 6.92 Å². The summed E-state index contributed by atoms with van der Waals surface area (Å²) in [6, 6.07) is 16.3. The van der Waals surface area contributed by atoms with Gasteiger partial charge < -0.3 is 5.73 Å². The zero-order valence-electron chi connectivity index (χ0n) is 10.5. The molecule has 0 spiro atoms. The molecule has 0 aliphatic carbocycles. The van der Waals surface area contributed by atoms with Crippen molar-refractivity contribution >= 4 is 23.2 Å². The molecular weight excluding hydrogens is 240 g/mol. The smallest absolute Gasteiger partial charge is 0.320 e. The van der Waals surface area contributed by atoms with E-state index in [4.69, 9.17) is 5.73 Å². The van der Waals surface area contributed by atoms with Gasteiger partial charge >= 0.3 is 11.8 Å². The van der Waals surface area contributed by atoms with Gasteiger partial charge in [-0.2, -0.15) is 0 Å². The molecule has 0 atom stereocenters. The number of primary amides is 1. The first-order chi connectivity index (χ1) is 9.11. The van der Waals surface area contributed by atoms with Gasteiger partial charge in [-0.05, 0) is 30.7 Å². The molecule has 0 heterocycles. The number of carbonyl (C=O) groups is 2. The highest BCUT2D eigenvalue weighted by Gasteiger charge is 2.23. The monoisotopic (exact) mass is 254 g/mol. The number of amides is 2. The third-order valence-corrected chi connectivity index (χ3v) is 2.78. The topological polar surface area (TPSA) is 63.4 Å². The number of para-hydroxylation sites is 2. The van der Waals surface area contributed by atoms with E-state index in [9.17, 15) is 9.59 Å². The number of nitrogens with two attached hydrogens (primary N) is 1. The van der Waals surface area contributed by atoms with E-state index in [0.717, 1.165) is 5.56 Å². The maximum Gasteiger partial charge on any atom is 0.320 e. The van der Waals surface area contributed by atoms with Gasteiger partial charge in [0.15, 0.2) is 0 Å². The summed E-state index contributed by atoms with van der Waals surface area (Å²) in [5.41, 5.74) is 7.28. The van der Waals surface area contributed by atoms with Crippen molar-refractivity contribution in [3.63, 3.8) is 0 Å². The van der Waals surface area contributed by atoms with Crippen LogP contribution in [-0.2, 0) is 9.59 Å². The summed E-state index contributed by atoms with van der Waals surface area (Å²) in [6.07, 6.45) is 0. The minimum Gasteiger partial charge on any atom is -0.361 e. The largest absolute Gasteiger partial charge is 0.361 e. The summed E-state index contributed by atoms with van der Waals surface area (Å²) in [7, 11) is 0. The minimum absolute atomic E-state index is 0.612. The summed E-state index contributed by atoms with van der Waals surface area (Å²) in [5, 5.41) is 0. The molecule has 2 amide bonds. The highest BCUT2D eigenvalue weighted by molar-refractivity contribution is 6.41. The van der Waals surface area contributed by atoms with Gasteiger partial charge in [0, 0.05) is 5.69 Å². The Labute approximate surface area is 111 Å². The lowest BCUT2D eigenvalue weighted by Gasteiger charge is -2.23. The fraction of sp³-hybridized carbons (Fsp3) is 0.0667. The van der Waals surface area contributed by atoms with Crippen LogP contribution in [0.4, 0.5) is 11.4 Å². The van der Waals surface area contributed by atoms with Crippen LogP contribution in [0.25, 0.3) is 0 Å². The molecule has 2 N–H and O–H groups in total. The fourth-order valence-electron chi connectivity index (χ4n) is 1.87. The van der Waals surface area contributed by atoms with Gasteiger partial charge in [0.25, 0.3) is 0 Å². The lowest BCUT2D eigenvalue weighted by Crippen LogP contribution is -2.37. The van der Waals surface area contributed by atoms with Gasteiger partial charge in [0.2, 0.25) is 0 Å². The number of hydrogen-bond donors (Lipinski definition) is 1. The van der Waals surface area contributed by atoms with Crippen molar-refractivity contribution in [3.05, 3.63) is 60.2 Å². The van der Waals surface area contributed by atoms with Gasteiger partial charge in [0.05, 0.1) is 5.69 Å². The molecule has 0 saturated heterocycles. The van der Waals surface area contributed by atoms with E-state index in [1.165, 1.54) is 4.90 Å². The second kappa shape index (κ2) is 5.35. The Morgan fingerprint density at radius 1 is 0.947 bits per heavy atom. The molecule has 0 saturated carbocycles. The molecular formula is C15H14N2O2. The van der Waals surface area contributed by atoms with Crippen molar-refractivity contribution in [2.45, 2.75) is 6.92 Å². The maximum absolute atomic E-state index is 12.0. The molecule has 2 rings (SSSR count). The molecule has 19 heavy (non-hydrogen) atoms. The number of hydrogen-bond acceptors (Lipinski definition) is 2. The summed E-state index contributed by atoms with van der Waals surface area (Å²) in [6.45, 7) is 1.87. The van der Waals surface area contributed by atoms with Crippen LogP contribution in [0.3, 0.4) is 0 Å². The number of aryl methyl sites for hydroxylation is 1. The lowest BCUT2D eigenvalue weighted by atomic mass is 10.1. The van der Waals surface area contributed by atoms with Crippen LogP contribution < -0.4 is 10.6 Å². The first kappa shape index (κ1) is 12.8. The molecule has 0 aliphatic heterocycles. The van der Waals surface area contributed by atoms with Crippen LogP contribution >= 0.6 is 0 Å². The van der Waals surface area contributed by atoms with Crippen molar-refractivity contribution in [2.24, 2.45) is 5.73 Å². The van der Waals surface area contributed by atoms with Crippen LogP contribution in [0.2, 0.25) is 0 Å². The third kappa shape index (κ3) is 2.63. The predicted molar refractivity (Wildman–Crippen MR) is 74.0 cm³/mol. The van der Waals surface area contributed by atoms with Crippen LogP contribution in [0.5, 0.6) is 0 Å². The molecule has 96 valence electrons. The van der Waals surface area contributed by atoms with Crippen molar-refractivity contribution in [2.75, 3.05) is 4.90 Å². The van der Waals surface area contributed by atoms with E-state index in [2.05, 4.69) is 0 Å². The van der Waals surface area contributed by atoms with Crippen LogP contribution in [0.15, 0.2) is 54.6 Å². The highest BCUT2D eigenvalue weighted by atomic mass is 16.2. The standard InChI is InChI=1S/C15H14N2O2/c1-11-7-5-6-10-13(11)17(15(19)14(16)18)12-8-3-2-4-9-12/h2-10H,1H3,(H2,16,18). The summed E-state index contributed by atoms with van der Waals surface area (Å²) in [5.74, 6) is -1.73. The molecule has 0 unspecified atom stereocenters. The second-order valence-electron chi connectivity index (χ2n) is 4.13. The zero-order chi connectivity index (χ0) is 13.8. The number of benzene rings is 2. The Morgan fingerprint density at radius 2 is 1.53 bits per heavy atom. The van der Waals surface area contributed by atoms with E-state index in [1.54, 1.807) is 30.3 Å². The number of rotatable bonds is 2. The van der Waals surface area contributed by atoms with Crippen molar-refractivity contribution in [3.8, 4) is 0 Å².